The summed E-state index contributed by atoms with van der Waals surface area (Å²) in [5, 5.41) is 25.4. The molecule has 0 spiro atoms. The first-order valence-electron chi connectivity index (χ1n) is 14.5. The highest BCUT2D eigenvalue weighted by molar-refractivity contribution is 7.64. The van der Waals surface area contributed by atoms with Gasteiger partial charge in [-0.1, -0.05) is 30.3 Å². The maximum absolute atomic E-state index is 13.1. The molecule has 0 radical (unpaired) electrons. The van der Waals surface area contributed by atoms with Crippen LogP contribution in [0.1, 0.15) is 24.8 Å². The van der Waals surface area contributed by atoms with Crippen LogP contribution in [0, 0.1) is 10.1 Å². The van der Waals surface area contributed by atoms with Crippen molar-refractivity contribution in [3.8, 4) is 0 Å². The molecular formula is C28H30N4O15P2. The third-order valence-corrected chi connectivity index (χ3v) is 10.4. The van der Waals surface area contributed by atoms with Gasteiger partial charge in [-0.05, 0) is 30.7 Å². The Morgan fingerprint density at radius 3 is 2.55 bits per heavy atom. The van der Waals surface area contributed by atoms with E-state index in [1.165, 1.54) is 30.5 Å². The van der Waals surface area contributed by atoms with Crippen LogP contribution in [0.3, 0.4) is 0 Å². The Morgan fingerprint density at radius 1 is 1.12 bits per heavy atom. The number of nitro groups is 1. The topological polar surface area (TPSA) is 263 Å². The maximum Gasteiger partial charge on any atom is 0.479 e. The van der Waals surface area contributed by atoms with Crippen LogP contribution < -0.4 is 10.6 Å². The van der Waals surface area contributed by atoms with E-state index in [1.54, 1.807) is 36.4 Å². The number of hydrogen-bond acceptors (Lipinski definition) is 12. The zero-order valence-electron chi connectivity index (χ0n) is 25.2. The van der Waals surface area contributed by atoms with Crippen LogP contribution in [-0.4, -0.2) is 80.2 Å². The monoisotopic (exact) mass is 724 g/mol. The van der Waals surface area contributed by atoms with Gasteiger partial charge in [-0.25, -0.2) is 18.5 Å². The largest absolute Gasteiger partial charge is 0.481 e. The number of carbonyl (C=O) groups excluding carboxylic acids is 2. The van der Waals surface area contributed by atoms with Crippen LogP contribution in [-0.2, 0) is 37.0 Å². The number of urea groups is 1. The van der Waals surface area contributed by atoms with Crippen molar-refractivity contribution in [2.24, 2.45) is 0 Å². The van der Waals surface area contributed by atoms with Gasteiger partial charge in [-0.15, -0.1) is 0 Å². The van der Waals surface area contributed by atoms with Gasteiger partial charge in [0.25, 0.3) is 5.69 Å². The highest BCUT2D eigenvalue weighted by atomic mass is 31.3. The van der Waals surface area contributed by atoms with Crippen molar-refractivity contribution in [2.75, 3.05) is 18.1 Å². The minimum Gasteiger partial charge on any atom is -0.481 e. The third kappa shape index (κ3) is 9.30. The SMILES string of the molecule is O=C(O)CCCP(=O)(O)OP(=O)(O)OC[C@H]1O[C@@H](N2C=C3C=C(c4ccccc4[N+](=O)[O-])OC3NC2=O)C[C@@H]1OC(=O)Nc1ccccc1. The number of nitrogens with one attached hydrogen (secondary N) is 2. The van der Waals surface area contributed by atoms with Crippen molar-refractivity contribution < 1.29 is 66.4 Å². The number of carboxylic acids is 1. The lowest BCUT2D eigenvalue weighted by molar-refractivity contribution is -0.385. The number of amides is 3. The molecule has 0 aromatic heterocycles. The van der Waals surface area contributed by atoms with Crippen molar-refractivity contribution in [3.63, 3.8) is 0 Å². The molecule has 21 heteroatoms. The Hall–Kier alpha value is -4.61. The van der Waals surface area contributed by atoms with E-state index in [9.17, 15) is 43.4 Å². The van der Waals surface area contributed by atoms with Gasteiger partial charge >= 0.3 is 33.5 Å². The summed E-state index contributed by atoms with van der Waals surface area (Å²) in [6, 6.07) is 13.4. The van der Waals surface area contributed by atoms with E-state index < -0.39 is 82.3 Å². The zero-order valence-corrected chi connectivity index (χ0v) is 27.0. The molecule has 5 rings (SSSR count). The molecule has 6 atom stereocenters. The van der Waals surface area contributed by atoms with Crippen molar-refractivity contribution >= 4 is 50.6 Å². The molecule has 3 aliphatic rings. The number of ether oxygens (including phenoxy) is 3. The first kappa shape index (κ1) is 35.7. The number of phosphoric ester groups is 1. The minimum atomic E-state index is -5.25. The normalized spacial score (nSPS) is 23.9. The Labute approximate surface area is 277 Å². The van der Waals surface area contributed by atoms with Gasteiger partial charge in [0, 0.05) is 36.4 Å². The van der Waals surface area contributed by atoms with E-state index >= 15 is 0 Å². The smallest absolute Gasteiger partial charge is 0.479 e. The summed E-state index contributed by atoms with van der Waals surface area (Å²) >= 11 is 0. The van der Waals surface area contributed by atoms with E-state index in [0.29, 0.717) is 11.3 Å². The van der Waals surface area contributed by atoms with Gasteiger partial charge in [-0.3, -0.25) is 39.5 Å². The number of para-hydroxylation sites is 2. The Morgan fingerprint density at radius 2 is 1.84 bits per heavy atom. The predicted octanol–water partition coefficient (Wildman–Crippen LogP) is 4.12. The number of phosphoric acid groups is 1. The van der Waals surface area contributed by atoms with Crippen molar-refractivity contribution in [1.29, 1.82) is 0 Å². The molecule has 2 aromatic carbocycles. The fourth-order valence-corrected chi connectivity index (χ4v) is 7.75. The second-order valence-corrected chi connectivity index (χ2v) is 14.3. The molecule has 0 aliphatic carbocycles. The van der Waals surface area contributed by atoms with E-state index in [-0.39, 0.29) is 29.9 Å². The minimum absolute atomic E-state index is 0.131. The number of nitro benzene ring substituents is 1. The standard InChI is InChI=1S/C28H30N4O15P2/c33-25(34)11-6-12-48(39,40)47-49(41,42)43-16-23-22(46-28(36)29-18-7-2-1-3-8-18)14-24(44-23)31-15-17-13-21(45-26(17)30-27(31)35)19-9-4-5-10-20(19)32(37)38/h1-5,7-10,13,15,22-24,26H,6,11-12,14,16H2,(H,29,36)(H,30,35)(H,33,34)(H,39,40)(H,41,42)/t22-,23+,24+,26?/m0/s1. The number of carboxylic acid groups (broad SMARTS) is 1. The summed E-state index contributed by atoms with van der Waals surface area (Å²) in [4.78, 5) is 68.7. The number of fused-ring (bicyclic) bond motifs is 1. The molecule has 19 nitrogen and oxygen atoms in total. The lowest BCUT2D eigenvalue weighted by Crippen LogP contribution is -2.51. The molecule has 3 aliphatic heterocycles. The fraction of sp³-hybridized carbons (Fsp3) is 0.321. The molecule has 3 unspecified atom stereocenters. The zero-order chi connectivity index (χ0) is 35.3. The summed E-state index contributed by atoms with van der Waals surface area (Å²) in [6.45, 7) is -0.817. The average molecular weight is 725 g/mol. The highest BCUT2D eigenvalue weighted by Gasteiger charge is 2.46. The maximum atomic E-state index is 13.1. The van der Waals surface area contributed by atoms with Crippen molar-refractivity contribution in [2.45, 2.75) is 43.9 Å². The molecule has 1 fully saturated rings. The molecule has 49 heavy (non-hydrogen) atoms. The lowest BCUT2D eigenvalue weighted by atomic mass is 10.1. The molecule has 2 aromatic rings. The number of hydrogen-bond donors (Lipinski definition) is 5. The van der Waals surface area contributed by atoms with Gasteiger partial charge in [0.05, 0.1) is 23.3 Å². The van der Waals surface area contributed by atoms with Crippen molar-refractivity contribution in [3.05, 3.63) is 88.1 Å². The van der Waals surface area contributed by atoms with Crippen LogP contribution >= 0.6 is 15.4 Å². The van der Waals surface area contributed by atoms with Crippen LogP contribution in [0.25, 0.3) is 5.76 Å². The quantitative estimate of drug-likeness (QED) is 0.104. The number of carbonyl (C=O) groups is 3. The molecule has 5 N–H and O–H groups in total. The van der Waals surface area contributed by atoms with Gasteiger partial charge in [0.15, 0.2) is 0 Å². The summed E-state index contributed by atoms with van der Waals surface area (Å²) < 4.78 is 51.4. The number of anilines is 1. The molecule has 262 valence electrons. The number of aliphatic carboxylic acids is 1. The summed E-state index contributed by atoms with van der Waals surface area (Å²) in [5.41, 5.74) is 0.750. The number of nitrogens with zero attached hydrogens (tertiary/aromatic N) is 2. The first-order chi connectivity index (χ1) is 23.2. The van der Waals surface area contributed by atoms with Crippen LogP contribution in [0.2, 0.25) is 0 Å². The third-order valence-electron chi connectivity index (χ3n) is 7.22. The molecular weight excluding hydrogens is 694 g/mol. The molecule has 3 amide bonds. The Balaban J connectivity index is 1.32. The molecule has 0 saturated carbocycles. The Bertz CT molecular complexity index is 1770. The van der Waals surface area contributed by atoms with E-state index in [2.05, 4.69) is 14.9 Å². The van der Waals surface area contributed by atoms with Gasteiger partial charge in [0.2, 0.25) is 6.23 Å². The van der Waals surface area contributed by atoms with Crippen LogP contribution in [0.5, 0.6) is 0 Å². The second-order valence-electron chi connectivity index (χ2n) is 10.8. The van der Waals surface area contributed by atoms with Crippen LogP contribution in [0.15, 0.2) is 72.4 Å². The van der Waals surface area contributed by atoms with E-state index in [0.717, 1.165) is 4.90 Å². The fourth-order valence-electron chi connectivity index (χ4n) is 5.05. The average Bonchev–Trinajstić information content (AvgIpc) is 3.62. The summed E-state index contributed by atoms with van der Waals surface area (Å²) in [7, 11) is -10.0. The van der Waals surface area contributed by atoms with E-state index in [1.807, 2.05) is 0 Å². The highest BCUT2D eigenvalue weighted by Crippen LogP contribution is 2.60. The lowest BCUT2D eigenvalue weighted by Gasteiger charge is -2.31. The van der Waals surface area contributed by atoms with Gasteiger partial charge in [-0.2, -0.15) is 0 Å². The second kappa shape index (κ2) is 14.9. The Kier molecular flexibility index (Phi) is 10.8. The number of benzene rings is 2. The van der Waals surface area contributed by atoms with Gasteiger partial charge in [0.1, 0.15) is 24.2 Å². The molecule has 1 saturated heterocycles. The van der Waals surface area contributed by atoms with E-state index in [4.69, 9.17) is 23.8 Å². The van der Waals surface area contributed by atoms with Crippen LogP contribution in [0.4, 0.5) is 21.0 Å². The van der Waals surface area contributed by atoms with Crippen molar-refractivity contribution in [1.82, 2.24) is 10.2 Å². The summed E-state index contributed by atoms with van der Waals surface area (Å²) in [6.07, 6.45) is -4.43. The molecule has 3 heterocycles. The number of rotatable bonds is 14. The molecule has 0 bridgehead atoms. The summed E-state index contributed by atoms with van der Waals surface area (Å²) in [5.74, 6) is -1.12. The van der Waals surface area contributed by atoms with Gasteiger partial charge < -0.3 is 29.1 Å². The predicted molar refractivity (Wildman–Crippen MR) is 166 cm³/mol. The first-order valence-corrected chi connectivity index (χ1v) is 17.8.